The predicted octanol–water partition coefficient (Wildman–Crippen LogP) is -2.34. The molecule has 0 rings (SSSR count). The van der Waals surface area contributed by atoms with Gasteiger partial charge >= 0.3 is 29.6 Å². The minimum absolute atomic E-state index is 0. The van der Waals surface area contributed by atoms with Gasteiger partial charge in [0.05, 0.1) is 21.6 Å². The molecule has 11 heteroatoms. The Morgan fingerprint density at radius 3 is 1.83 bits per heavy atom. The summed E-state index contributed by atoms with van der Waals surface area (Å²) in [5, 5.41) is 0. The molecule has 0 fully saturated rings. The molecule has 3 N–H and O–H groups in total. The molecule has 0 aromatic heterocycles. The Bertz CT molecular complexity index is 471. The third-order valence-electron chi connectivity index (χ3n) is 2.99. The zero-order valence-electron chi connectivity index (χ0n) is 15.1. The van der Waals surface area contributed by atoms with Crippen LogP contribution in [0.4, 0.5) is 0 Å². The van der Waals surface area contributed by atoms with Crippen LogP contribution in [-0.2, 0) is 20.2 Å². The smallest absolute Gasteiger partial charge is 0.748 e. The summed E-state index contributed by atoms with van der Waals surface area (Å²) in [6.07, 6.45) is 7.43. The SMILES string of the molecule is CCCCCCCCN(C)CCS(=O)(=O)O.NCCS(=O)(=O)[O-].[Na+]. The maximum Gasteiger partial charge on any atom is 1.00 e. The van der Waals surface area contributed by atoms with E-state index in [1.165, 1.54) is 32.1 Å². The van der Waals surface area contributed by atoms with Crippen LogP contribution in [0.2, 0.25) is 0 Å². The van der Waals surface area contributed by atoms with Crippen LogP contribution in [0, 0.1) is 0 Å². The Labute approximate surface area is 169 Å². The number of hydrogen-bond donors (Lipinski definition) is 2. The average Bonchev–Trinajstić information content (AvgIpc) is 2.39. The third-order valence-corrected chi connectivity index (χ3v) is 4.43. The molecule has 8 nitrogen and oxygen atoms in total. The molecule has 142 valence electrons. The van der Waals surface area contributed by atoms with Crippen molar-refractivity contribution in [2.24, 2.45) is 5.73 Å². The van der Waals surface area contributed by atoms with Crippen molar-refractivity contribution in [3.63, 3.8) is 0 Å². The maximum absolute atomic E-state index is 10.5. The zero-order valence-corrected chi connectivity index (χ0v) is 18.7. The summed E-state index contributed by atoms with van der Waals surface area (Å²) in [6.45, 7) is 3.42. The minimum atomic E-state index is -4.05. The number of hydrogen-bond acceptors (Lipinski definition) is 7. The number of nitrogens with two attached hydrogens (primary N) is 1. The molecule has 0 heterocycles. The fourth-order valence-corrected chi connectivity index (χ4v) is 2.52. The Hall–Kier alpha value is 0.740. The quantitative estimate of drug-likeness (QED) is 0.212. The van der Waals surface area contributed by atoms with Gasteiger partial charge in [-0.2, -0.15) is 8.42 Å². The molecule has 0 atom stereocenters. The molecule has 0 aliphatic carbocycles. The summed E-state index contributed by atoms with van der Waals surface area (Å²) in [4.78, 5) is 1.95. The molecule has 0 saturated heterocycles. The molecule has 0 amide bonds. The van der Waals surface area contributed by atoms with E-state index in [1.54, 1.807) is 0 Å². The summed E-state index contributed by atoms with van der Waals surface area (Å²) in [5.74, 6) is -0.633. The van der Waals surface area contributed by atoms with Gasteiger partial charge in [0.15, 0.2) is 0 Å². The molecular weight excluding hydrogens is 367 g/mol. The summed E-state index contributed by atoms with van der Waals surface area (Å²) in [7, 11) is -5.97. The van der Waals surface area contributed by atoms with Gasteiger partial charge in [-0.25, -0.2) is 8.42 Å². The molecule has 0 spiro atoms. The first-order valence-corrected chi connectivity index (χ1v) is 11.0. The van der Waals surface area contributed by atoms with Gasteiger partial charge in [-0.15, -0.1) is 0 Å². The van der Waals surface area contributed by atoms with Crippen molar-refractivity contribution in [1.82, 2.24) is 4.90 Å². The van der Waals surface area contributed by atoms with E-state index in [1.807, 2.05) is 11.9 Å². The first-order valence-electron chi connectivity index (χ1n) is 7.79. The van der Waals surface area contributed by atoms with Crippen molar-refractivity contribution in [2.45, 2.75) is 45.4 Å². The van der Waals surface area contributed by atoms with Crippen molar-refractivity contribution >= 4 is 20.2 Å². The van der Waals surface area contributed by atoms with E-state index in [-0.39, 0.29) is 41.9 Å². The molecule has 0 radical (unpaired) electrons. The number of nitrogens with zero attached hydrogens (tertiary/aromatic N) is 1. The Morgan fingerprint density at radius 2 is 1.46 bits per heavy atom. The van der Waals surface area contributed by atoms with Gasteiger partial charge in [0, 0.05) is 13.1 Å². The average molecular weight is 399 g/mol. The second-order valence-electron chi connectivity index (χ2n) is 5.41. The summed E-state index contributed by atoms with van der Waals surface area (Å²) in [5.41, 5.74) is 4.74. The Morgan fingerprint density at radius 1 is 0.958 bits per heavy atom. The zero-order chi connectivity index (χ0) is 18.4. The van der Waals surface area contributed by atoms with Crippen molar-refractivity contribution in [3.8, 4) is 0 Å². The molecule has 0 unspecified atom stereocenters. The van der Waals surface area contributed by atoms with Gasteiger partial charge in [-0.3, -0.25) is 4.55 Å². The topological polar surface area (TPSA) is 141 Å². The first-order chi connectivity index (χ1) is 10.5. The molecule has 0 bridgehead atoms. The fourth-order valence-electron chi connectivity index (χ4n) is 1.69. The predicted molar refractivity (Wildman–Crippen MR) is 90.9 cm³/mol. The molecule has 0 aromatic carbocycles. The van der Waals surface area contributed by atoms with Crippen molar-refractivity contribution in [2.75, 3.05) is 38.2 Å². The third kappa shape index (κ3) is 30.6. The van der Waals surface area contributed by atoms with E-state index in [9.17, 15) is 21.4 Å². The van der Waals surface area contributed by atoms with E-state index in [0.717, 1.165) is 13.0 Å². The molecular formula is C13H31N2NaO6S2. The van der Waals surface area contributed by atoms with Crippen LogP contribution in [0.5, 0.6) is 0 Å². The van der Waals surface area contributed by atoms with E-state index < -0.39 is 26.0 Å². The van der Waals surface area contributed by atoms with Gasteiger partial charge in [-0.1, -0.05) is 39.0 Å². The van der Waals surface area contributed by atoms with Gasteiger partial charge < -0.3 is 15.2 Å². The normalized spacial score (nSPS) is 11.6. The van der Waals surface area contributed by atoms with Gasteiger partial charge in [0.25, 0.3) is 10.1 Å². The fraction of sp³-hybridized carbons (Fsp3) is 1.00. The van der Waals surface area contributed by atoms with Crippen LogP contribution in [0.3, 0.4) is 0 Å². The standard InChI is InChI=1S/C11H25NO3S.C2H7NO3S.Na/c1-3-4-5-6-7-8-9-12(2)10-11-16(13,14)15;3-1-2-7(4,5)6;/h3-11H2,1-2H3,(H,13,14,15);1-3H2,(H,4,5,6);/q;;+1/p-1. The van der Waals surface area contributed by atoms with E-state index in [2.05, 4.69) is 6.92 Å². The molecule has 24 heavy (non-hydrogen) atoms. The van der Waals surface area contributed by atoms with Gasteiger partial charge in [0.2, 0.25) is 0 Å². The summed E-state index contributed by atoms with van der Waals surface area (Å²) >= 11 is 0. The van der Waals surface area contributed by atoms with Crippen LogP contribution in [0.1, 0.15) is 45.4 Å². The molecule has 0 aliphatic rings. The van der Waals surface area contributed by atoms with Crippen LogP contribution in [0.15, 0.2) is 0 Å². The van der Waals surface area contributed by atoms with E-state index in [0.29, 0.717) is 6.54 Å². The Balaban J connectivity index is -0.000000468. The second kappa shape index (κ2) is 17.2. The molecule has 0 aromatic rings. The van der Waals surface area contributed by atoms with Crippen molar-refractivity contribution < 1.29 is 55.5 Å². The van der Waals surface area contributed by atoms with Crippen molar-refractivity contribution in [3.05, 3.63) is 0 Å². The monoisotopic (exact) mass is 398 g/mol. The van der Waals surface area contributed by atoms with Crippen LogP contribution >= 0.6 is 0 Å². The molecule has 0 saturated carbocycles. The number of rotatable bonds is 12. The minimum Gasteiger partial charge on any atom is -0.748 e. The summed E-state index contributed by atoms with van der Waals surface area (Å²) < 4.78 is 58.4. The number of unbranched alkanes of at least 4 members (excludes halogenated alkanes) is 5. The summed E-state index contributed by atoms with van der Waals surface area (Å²) in [6, 6.07) is 0. The van der Waals surface area contributed by atoms with E-state index >= 15 is 0 Å². The largest absolute Gasteiger partial charge is 1.00 e. The molecule has 0 aliphatic heterocycles. The second-order valence-corrected chi connectivity index (χ2v) is 8.50. The first kappa shape index (κ1) is 29.5. The van der Waals surface area contributed by atoms with E-state index in [4.69, 9.17) is 10.3 Å². The van der Waals surface area contributed by atoms with Crippen LogP contribution in [0.25, 0.3) is 0 Å². The van der Waals surface area contributed by atoms with Crippen LogP contribution in [-0.4, -0.2) is 69.0 Å². The van der Waals surface area contributed by atoms with Gasteiger partial charge in [0.1, 0.15) is 0 Å². The van der Waals surface area contributed by atoms with Gasteiger partial charge in [-0.05, 0) is 20.0 Å². The van der Waals surface area contributed by atoms with Crippen LogP contribution < -0.4 is 35.3 Å². The Kier molecular flexibility index (Phi) is 21.1. The maximum atomic E-state index is 10.5. The van der Waals surface area contributed by atoms with Crippen molar-refractivity contribution in [1.29, 1.82) is 0 Å².